The van der Waals surface area contributed by atoms with Gasteiger partial charge in [0.05, 0.1) is 21.9 Å². The van der Waals surface area contributed by atoms with Crippen molar-refractivity contribution in [3.05, 3.63) is 70.9 Å². The quantitative estimate of drug-likeness (QED) is 0.504. The number of aryl methyl sites for hydroxylation is 1. The maximum Gasteiger partial charge on any atom is 0.250 e. The number of para-hydroxylation sites is 2. The maximum absolute atomic E-state index is 6.66. The van der Waals surface area contributed by atoms with Crippen molar-refractivity contribution in [2.24, 2.45) is 0 Å². The Hall–Kier alpha value is -3.03. The molecule has 2 aromatic carbocycles. The second-order valence-electron chi connectivity index (χ2n) is 7.50. The number of hydrogen-bond acceptors (Lipinski definition) is 6. The van der Waals surface area contributed by atoms with Gasteiger partial charge in [-0.2, -0.15) is 4.68 Å². The zero-order valence-electron chi connectivity index (χ0n) is 16.7. The second kappa shape index (κ2) is 8.01. The average Bonchev–Trinajstić information content (AvgIpc) is 3.28. The molecular weight excluding hydrogens is 398 g/mol. The minimum absolute atomic E-state index is 0.738. The molecule has 0 bridgehead atoms. The molecule has 1 fully saturated rings. The van der Waals surface area contributed by atoms with Crippen LogP contribution in [0.2, 0.25) is 5.02 Å². The fraction of sp³-hybridized carbons (Fsp3) is 0.273. The van der Waals surface area contributed by atoms with Crippen LogP contribution in [-0.4, -0.2) is 56.3 Å². The first kappa shape index (κ1) is 19.0. The largest absolute Gasteiger partial charge is 0.337 e. The molecule has 0 saturated carbocycles. The molecule has 0 N–H and O–H groups in total. The number of nitrogens with zero attached hydrogens (tertiary/aromatic N) is 7. The molecule has 0 spiro atoms. The maximum atomic E-state index is 6.66. The van der Waals surface area contributed by atoms with Gasteiger partial charge in [0.2, 0.25) is 5.95 Å². The van der Waals surface area contributed by atoms with Crippen LogP contribution in [0.4, 0.5) is 5.95 Å². The number of fused-ring (bicyclic) bond motifs is 1. The first-order chi connectivity index (χ1) is 14.7. The van der Waals surface area contributed by atoms with Gasteiger partial charge in [-0.25, -0.2) is 4.98 Å². The zero-order chi connectivity index (χ0) is 20.5. The number of anilines is 1. The van der Waals surface area contributed by atoms with Crippen LogP contribution < -0.4 is 4.90 Å². The van der Waals surface area contributed by atoms with Gasteiger partial charge in [0.1, 0.15) is 0 Å². The van der Waals surface area contributed by atoms with Crippen molar-refractivity contribution in [2.45, 2.75) is 13.5 Å². The third-order valence-corrected chi connectivity index (χ3v) is 6.13. The van der Waals surface area contributed by atoms with Gasteiger partial charge in [-0.15, -0.1) is 0 Å². The van der Waals surface area contributed by atoms with E-state index in [-0.39, 0.29) is 0 Å². The molecule has 0 atom stereocenters. The minimum Gasteiger partial charge on any atom is -0.337 e. The van der Waals surface area contributed by atoms with Crippen LogP contribution in [0.5, 0.6) is 0 Å². The third kappa shape index (κ3) is 3.51. The van der Waals surface area contributed by atoms with Crippen molar-refractivity contribution in [2.75, 3.05) is 31.1 Å². The van der Waals surface area contributed by atoms with Gasteiger partial charge in [0, 0.05) is 38.1 Å². The Kier molecular flexibility index (Phi) is 5.06. The molecule has 1 aliphatic heterocycles. The predicted molar refractivity (Wildman–Crippen MR) is 118 cm³/mol. The van der Waals surface area contributed by atoms with Crippen molar-refractivity contribution in [3.8, 4) is 5.69 Å². The van der Waals surface area contributed by atoms with Crippen molar-refractivity contribution in [3.63, 3.8) is 0 Å². The van der Waals surface area contributed by atoms with E-state index in [1.807, 2.05) is 48.5 Å². The topological polar surface area (TPSA) is 63.0 Å². The summed E-state index contributed by atoms with van der Waals surface area (Å²) in [5, 5.41) is 14.2. The number of hydrogen-bond donors (Lipinski definition) is 0. The first-order valence-electron chi connectivity index (χ1n) is 10.1. The highest BCUT2D eigenvalue weighted by Gasteiger charge is 2.23. The summed E-state index contributed by atoms with van der Waals surface area (Å²) < 4.78 is 1.79. The molecule has 2 aromatic heterocycles. The number of tetrazole rings is 1. The Morgan fingerprint density at radius 2 is 1.67 bits per heavy atom. The van der Waals surface area contributed by atoms with E-state index < -0.39 is 0 Å². The summed E-state index contributed by atoms with van der Waals surface area (Å²) in [6.07, 6.45) is 0. The molecule has 0 amide bonds. The standard InChI is InChI=1S/C22H22ClN7/c1-16-18-9-5-6-10-19(18)24-20(21(16)23)15-28-11-13-29(14-12-28)22-25-26-27-30(22)17-7-3-2-4-8-17/h2-10H,11-15H2,1H3. The van der Waals surface area contributed by atoms with E-state index in [1.165, 1.54) is 0 Å². The minimum atomic E-state index is 0.738. The Bertz CT molecular complexity index is 1170. The van der Waals surface area contributed by atoms with Crippen LogP contribution >= 0.6 is 11.6 Å². The first-order valence-corrected chi connectivity index (χ1v) is 10.4. The van der Waals surface area contributed by atoms with Crippen molar-refractivity contribution >= 4 is 28.5 Å². The summed E-state index contributed by atoms with van der Waals surface area (Å²) in [4.78, 5) is 9.44. The van der Waals surface area contributed by atoms with Crippen LogP contribution in [0.25, 0.3) is 16.6 Å². The predicted octanol–water partition coefficient (Wildman–Crippen LogP) is 3.49. The van der Waals surface area contributed by atoms with E-state index in [2.05, 4.69) is 38.3 Å². The lowest BCUT2D eigenvalue weighted by Gasteiger charge is -2.34. The lowest BCUT2D eigenvalue weighted by molar-refractivity contribution is 0.246. The van der Waals surface area contributed by atoms with Gasteiger partial charge >= 0.3 is 0 Å². The molecule has 30 heavy (non-hydrogen) atoms. The van der Waals surface area contributed by atoms with Gasteiger partial charge < -0.3 is 4.90 Å². The smallest absolute Gasteiger partial charge is 0.250 e. The number of piperazine rings is 1. The number of benzene rings is 2. The van der Waals surface area contributed by atoms with E-state index in [9.17, 15) is 0 Å². The van der Waals surface area contributed by atoms with Crippen LogP contribution in [0.3, 0.4) is 0 Å². The van der Waals surface area contributed by atoms with Gasteiger partial charge in [-0.1, -0.05) is 53.1 Å². The van der Waals surface area contributed by atoms with Crippen LogP contribution in [0.1, 0.15) is 11.3 Å². The molecule has 3 heterocycles. The van der Waals surface area contributed by atoms with Gasteiger partial charge in [0.25, 0.3) is 0 Å². The summed E-state index contributed by atoms with van der Waals surface area (Å²) in [6.45, 7) is 6.28. The van der Waals surface area contributed by atoms with Crippen molar-refractivity contribution in [1.29, 1.82) is 0 Å². The van der Waals surface area contributed by atoms with Crippen LogP contribution in [0.15, 0.2) is 54.6 Å². The lowest BCUT2D eigenvalue weighted by atomic mass is 10.1. The fourth-order valence-electron chi connectivity index (χ4n) is 3.96. The Morgan fingerprint density at radius 1 is 0.933 bits per heavy atom. The van der Waals surface area contributed by atoms with Crippen molar-refractivity contribution < 1.29 is 0 Å². The molecule has 0 unspecified atom stereocenters. The molecule has 5 rings (SSSR count). The zero-order valence-corrected chi connectivity index (χ0v) is 17.5. The normalized spacial score (nSPS) is 15.1. The van der Waals surface area contributed by atoms with Gasteiger partial charge in [0.15, 0.2) is 0 Å². The van der Waals surface area contributed by atoms with E-state index >= 15 is 0 Å². The van der Waals surface area contributed by atoms with E-state index in [0.717, 1.165) is 71.5 Å². The number of rotatable bonds is 4. The third-order valence-electron chi connectivity index (χ3n) is 5.63. The Labute approximate surface area is 179 Å². The summed E-state index contributed by atoms with van der Waals surface area (Å²) in [5.74, 6) is 0.776. The monoisotopic (exact) mass is 419 g/mol. The summed E-state index contributed by atoms with van der Waals surface area (Å²) >= 11 is 6.66. The van der Waals surface area contributed by atoms with E-state index in [4.69, 9.17) is 16.6 Å². The SMILES string of the molecule is Cc1c(Cl)c(CN2CCN(c3nnnn3-c3ccccc3)CC2)nc2ccccc12. The van der Waals surface area contributed by atoms with E-state index in [1.54, 1.807) is 4.68 Å². The van der Waals surface area contributed by atoms with Crippen molar-refractivity contribution in [1.82, 2.24) is 30.1 Å². The Morgan fingerprint density at radius 3 is 2.47 bits per heavy atom. The number of pyridine rings is 1. The molecule has 152 valence electrons. The average molecular weight is 420 g/mol. The fourth-order valence-corrected chi connectivity index (χ4v) is 4.16. The molecule has 4 aromatic rings. The Balaban J connectivity index is 1.30. The molecular formula is C22H22ClN7. The number of halogens is 1. The van der Waals surface area contributed by atoms with Crippen LogP contribution in [0, 0.1) is 6.92 Å². The van der Waals surface area contributed by atoms with Gasteiger partial charge in [-0.05, 0) is 41.1 Å². The van der Waals surface area contributed by atoms with E-state index in [0.29, 0.717) is 0 Å². The molecule has 1 aliphatic rings. The molecule has 0 radical (unpaired) electrons. The lowest BCUT2D eigenvalue weighted by Crippen LogP contribution is -2.47. The van der Waals surface area contributed by atoms with Gasteiger partial charge in [-0.3, -0.25) is 4.90 Å². The summed E-state index contributed by atoms with van der Waals surface area (Å²) in [6, 6.07) is 18.1. The highest BCUT2D eigenvalue weighted by molar-refractivity contribution is 6.32. The number of aromatic nitrogens is 5. The summed E-state index contributed by atoms with van der Waals surface area (Å²) in [5.41, 5.74) is 3.99. The molecule has 8 heteroatoms. The molecule has 0 aliphatic carbocycles. The second-order valence-corrected chi connectivity index (χ2v) is 7.88. The highest BCUT2D eigenvalue weighted by Crippen LogP contribution is 2.28. The highest BCUT2D eigenvalue weighted by atomic mass is 35.5. The van der Waals surface area contributed by atoms with Crippen LogP contribution in [-0.2, 0) is 6.54 Å². The molecule has 7 nitrogen and oxygen atoms in total. The summed E-state index contributed by atoms with van der Waals surface area (Å²) in [7, 11) is 0. The molecule has 1 saturated heterocycles.